The van der Waals surface area contributed by atoms with Crippen molar-refractivity contribution in [3.8, 4) is 0 Å². The van der Waals surface area contributed by atoms with E-state index in [0.29, 0.717) is 0 Å². The van der Waals surface area contributed by atoms with E-state index in [4.69, 9.17) is 0 Å². The first-order valence-corrected chi connectivity index (χ1v) is 12.2. The van der Waals surface area contributed by atoms with Crippen molar-refractivity contribution in [2.24, 2.45) is 0 Å². The summed E-state index contributed by atoms with van der Waals surface area (Å²) >= 11 is 0. The molecule has 2 amide bonds. The molecule has 2 N–H and O–H groups in total. The van der Waals surface area contributed by atoms with Gasteiger partial charge in [-0.25, -0.2) is 8.42 Å². The number of nitrogens with zero attached hydrogens (tertiary/aromatic N) is 1. The van der Waals surface area contributed by atoms with Crippen LogP contribution in [0.2, 0.25) is 0 Å². The average Bonchev–Trinajstić information content (AvgIpc) is 2.79. The van der Waals surface area contributed by atoms with Crippen LogP contribution in [-0.2, 0) is 32.2 Å². The Labute approximate surface area is 196 Å². The van der Waals surface area contributed by atoms with E-state index >= 15 is 0 Å². The summed E-state index contributed by atoms with van der Waals surface area (Å²) in [7, 11) is -4.36. The number of carbonyl (C=O) groups is 2. The van der Waals surface area contributed by atoms with Crippen molar-refractivity contribution in [2.75, 3.05) is 13.1 Å². The van der Waals surface area contributed by atoms with E-state index in [1.165, 1.54) is 13.0 Å². The molecule has 34 heavy (non-hydrogen) atoms. The number of alkyl halides is 3. The molecule has 0 unspecified atom stereocenters. The second-order valence-corrected chi connectivity index (χ2v) is 10.0. The molecular weight excluding hydrogens is 471 g/mol. The molecule has 2 aromatic rings. The zero-order valence-electron chi connectivity index (χ0n) is 18.5. The van der Waals surface area contributed by atoms with Crippen LogP contribution in [0.25, 0.3) is 0 Å². The van der Waals surface area contributed by atoms with Gasteiger partial charge < -0.3 is 10.6 Å². The maximum absolute atomic E-state index is 13.3. The summed E-state index contributed by atoms with van der Waals surface area (Å²) in [4.78, 5) is 23.6. The lowest BCUT2D eigenvalue weighted by Crippen LogP contribution is -2.53. The second kappa shape index (κ2) is 10.6. The summed E-state index contributed by atoms with van der Waals surface area (Å²) in [6.45, 7) is 1.24. The van der Waals surface area contributed by atoms with Gasteiger partial charge in [0.1, 0.15) is 6.04 Å². The molecule has 1 fully saturated rings. The Balaban J connectivity index is 1.65. The molecule has 7 nitrogen and oxygen atoms in total. The van der Waals surface area contributed by atoms with Crippen molar-refractivity contribution in [3.05, 3.63) is 65.7 Å². The Bertz CT molecular complexity index is 1120. The van der Waals surface area contributed by atoms with E-state index in [0.717, 1.165) is 28.1 Å². The molecule has 11 heteroatoms. The number of hydrogen-bond acceptors (Lipinski definition) is 4. The van der Waals surface area contributed by atoms with E-state index in [1.807, 2.05) is 30.3 Å². The maximum atomic E-state index is 13.3. The minimum Gasteiger partial charge on any atom is -0.351 e. The fourth-order valence-electron chi connectivity index (χ4n) is 3.91. The number of halogens is 3. The van der Waals surface area contributed by atoms with Crippen molar-refractivity contribution >= 4 is 21.8 Å². The minimum absolute atomic E-state index is 0.0387. The second-order valence-electron chi connectivity index (χ2n) is 8.12. The third kappa shape index (κ3) is 6.35. The Hall–Kier alpha value is -2.92. The third-order valence-corrected chi connectivity index (χ3v) is 7.54. The van der Waals surface area contributed by atoms with Crippen LogP contribution in [0.15, 0.2) is 59.5 Å². The molecule has 1 atom stereocenters. The summed E-state index contributed by atoms with van der Waals surface area (Å²) in [5.41, 5.74) is -0.342. The summed E-state index contributed by atoms with van der Waals surface area (Å²) in [5.74, 6) is -0.761. The number of carbonyl (C=O) groups excluding carboxylic acids is 2. The van der Waals surface area contributed by atoms with Crippen LogP contribution in [0.4, 0.5) is 13.2 Å². The zero-order valence-corrected chi connectivity index (χ0v) is 19.3. The predicted molar refractivity (Wildman–Crippen MR) is 119 cm³/mol. The molecule has 0 saturated carbocycles. The Kier molecular flexibility index (Phi) is 7.98. The zero-order chi connectivity index (χ0) is 24.9. The monoisotopic (exact) mass is 497 g/mol. The van der Waals surface area contributed by atoms with Crippen LogP contribution in [0, 0.1) is 0 Å². The summed E-state index contributed by atoms with van der Waals surface area (Å²) < 4.78 is 66.8. The number of amides is 2. The number of rotatable bonds is 7. The van der Waals surface area contributed by atoms with E-state index in [1.54, 1.807) is 0 Å². The summed E-state index contributed by atoms with van der Waals surface area (Å²) in [6.07, 6.45) is -4.05. The van der Waals surface area contributed by atoms with Crippen molar-refractivity contribution in [3.63, 3.8) is 0 Å². The van der Waals surface area contributed by atoms with Gasteiger partial charge in [-0.2, -0.15) is 17.5 Å². The Morgan fingerprint density at radius 2 is 1.62 bits per heavy atom. The number of sulfonamides is 1. The fraction of sp³-hybridized carbons (Fsp3) is 0.391. The van der Waals surface area contributed by atoms with Crippen LogP contribution < -0.4 is 10.6 Å². The number of nitrogens with one attached hydrogen (secondary N) is 2. The first kappa shape index (κ1) is 25.7. The highest BCUT2D eigenvalue weighted by molar-refractivity contribution is 7.89. The molecule has 0 bridgehead atoms. The molecular formula is C23H26F3N3O4S. The molecule has 3 rings (SSSR count). The first-order valence-electron chi connectivity index (χ1n) is 10.8. The van der Waals surface area contributed by atoms with Gasteiger partial charge in [-0.3, -0.25) is 9.59 Å². The average molecular weight is 498 g/mol. The Morgan fingerprint density at radius 3 is 2.21 bits per heavy atom. The largest absolute Gasteiger partial charge is 0.417 e. The number of hydrogen-bond donors (Lipinski definition) is 2. The van der Waals surface area contributed by atoms with E-state index in [9.17, 15) is 31.2 Å². The normalized spacial score (nSPS) is 16.6. The molecule has 2 aromatic carbocycles. The van der Waals surface area contributed by atoms with Crippen LogP contribution in [0.5, 0.6) is 0 Å². The standard InChI is InChI=1S/C23H26F3N3O4S/c1-16(30)27-20(15-17-7-3-2-4-8-17)22(31)28-18-11-13-29(14-12-18)34(32,33)21-10-6-5-9-19(21)23(24,25)26/h2-10,18,20H,11-15H2,1H3,(H,27,30)(H,28,31)/t20-/m0/s1. The molecule has 1 saturated heterocycles. The minimum atomic E-state index is -4.80. The number of piperidine rings is 1. The van der Waals surface area contributed by atoms with Gasteiger partial charge in [0.2, 0.25) is 21.8 Å². The van der Waals surface area contributed by atoms with Crippen molar-refractivity contribution in [2.45, 2.75) is 49.3 Å². The molecule has 0 radical (unpaired) electrons. The fourth-order valence-corrected chi connectivity index (χ4v) is 5.59. The van der Waals surface area contributed by atoms with E-state index in [-0.39, 0.29) is 44.3 Å². The lowest BCUT2D eigenvalue weighted by atomic mass is 10.0. The van der Waals surface area contributed by atoms with Crippen LogP contribution >= 0.6 is 0 Å². The lowest BCUT2D eigenvalue weighted by Gasteiger charge is -2.33. The number of benzene rings is 2. The first-order chi connectivity index (χ1) is 16.0. The van der Waals surface area contributed by atoms with Crippen molar-refractivity contribution in [1.82, 2.24) is 14.9 Å². The quantitative estimate of drug-likeness (QED) is 0.615. The van der Waals surface area contributed by atoms with Gasteiger partial charge >= 0.3 is 6.18 Å². The summed E-state index contributed by atoms with van der Waals surface area (Å²) in [5, 5.41) is 5.47. The molecule has 184 valence electrons. The van der Waals surface area contributed by atoms with Gasteiger partial charge in [0, 0.05) is 32.5 Å². The van der Waals surface area contributed by atoms with Gasteiger partial charge in [-0.1, -0.05) is 42.5 Å². The van der Waals surface area contributed by atoms with Gasteiger partial charge in [-0.05, 0) is 30.5 Å². The SMILES string of the molecule is CC(=O)N[C@@H](Cc1ccccc1)C(=O)NC1CCN(S(=O)(=O)c2ccccc2C(F)(F)F)CC1. The highest BCUT2D eigenvalue weighted by Gasteiger charge is 2.39. The molecule has 1 aliphatic heterocycles. The summed E-state index contributed by atoms with van der Waals surface area (Å²) in [6, 6.07) is 12.1. The molecule has 1 heterocycles. The molecule has 0 aromatic heterocycles. The van der Waals surface area contributed by atoms with Crippen molar-refractivity contribution < 1.29 is 31.2 Å². The predicted octanol–water partition coefficient (Wildman–Crippen LogP) is 2.72. The molecule has 0 aliphatic carbocycles. The van der Waals surface area contributed by atoms with Crippen LogP contribution in [-0.4, -0.2) is 49.7 Å². The van der Waals surface area contributed by atoms with Gasteiger partial charge in [0.15, 0.2) is 0 Å². The van der Waals surface area contributed by atoms with E-state index in [2.05, 4.69) is 10.6 Å². The van der Waals surface area contributed by atoms with Gasteiger partial charge in [0.05, 0.1) is 10.5 Å². The van der Waals surface area contributed by atoms with E-state index < -0.39 is 38.6 Å². The lowest BCUT2D eigenvalue weighted by molar-refractivity contribution is -0.140. The molecule has 0 spiro atoms. The highest BCUT2D eigenvalue weighted by atomic mass is 32.2. The van der Waals surface area contributed by atoms with Crippen LogP contribution in [0.3, 0.4) is 0 Å². The third-order valence-electron chi connectivity index (χ3n) is 5.59. The highest BCUT2D eigenvalue weighted by Crippen LogP contribution is 2.35. The Morgan fingerprint density at radius 1 is 1.03 bits per heavy atom. The van der Waals surface area contributed by atoms with Crippen molar-refractivity contribution in [1.29, 1.82) is 0 Å². The van der Waals surface area contributed by atoms with Gasteiger partial charge in [0.25, 0.3) is 0 Å². The van der Waals surface area contributed by atoms with Gasteiger partial charge in [-0.15, -0.1) is 0 Å². The smallest absolute Gasteiger partial charge is 0.351 e. The molecule has 1 aliphatic rings. The van der Waals surface area contributed by atoms with Crippen LogP contribution in [0.1, 0.15) is 30.9 Å². The topological polar surface area (TPSA) is 95.6 Å². The maximum Gasteiger partial charge on any atom is 0.417 e.